The lowest BCUT2D eigenvalue weighted by atomic mass is 9.95. The molecule has 1 aliphatic rings. The Labute approximate surface area is 205 Å². The van der Waals surface area contributed by atoms with Crippen molar-refractivity contribution >= 4 is 29.4 Å². The molecule has 2 heterocycles. The molecule has 0 radical (unpaired) electrons. The maximum atomic E-state index is 13.6. The maximum absolute atomic E-state index is 13.6. The van der Waals surface area contributed by atoms with Crippen molar-refractivity contribution in [3.63, 3.8) is 0 Å². The molecule has 0 fully saturated rings. The van der Waals surface area contributed by atoms with E-state index in [1.54, 1.807) is 57.4 Å². The van der Waals surface area contributed by atoms with Crippen molar-refractivity contribution in [1.29, 1.82) is 0 Å². The minimum Gasteiger partial charge on any atom is -0.496 e. The molecule has 0 saturated carbocycles. The Kier molecular flexibility index (Phi) is 6.97. The smallest absolute Gasteiger partial charge is 0.338 e. The van der Waals surface area contributed by atoms with E-state index in [0.29, 0.717) is 37.7 Å². The summed E-state index contributed by atoms with van der Waals surface area (Å²) in [6.07, 6.45) is 1.74. The first-order valence-electron chi connectivity index (χ1n) is 10.9. The standard InChI is InChI=1S/C26H24N2O6S/c1-5-33-25(31)22-15(2)27-26-28(23(22)19-8-6-7-9-20(19)32-4)24(30)21(35-26)14-17-10-12-18(13-11-17)34-16(3)29/h6-14,23H,5H2,1-4H3/b21-14-/t23-/m0/s1. The molecule has 8 nitrogen and oxygen atoms in total. The van der Waals surface area contributed by atoms with Gasteiger partial charge in [0.05, 0.1) is 29.5 Å². The number of thiazole rings is 1. The number of esters is 2. The molecule has 0 amide bonds. The summed E-state index contributed by atoms with van der Waals surface area (Å²) >= 11 is 1.23. The molecule has 9 heteroatoms. The number of fused-ring (bicyclic) bond motifs is 1. The van der Waals surface area contributed by atoms with Crippen LogP contribution in [0.4, 0.5) is 0 Å². The van der Waals surface area contributed by atoms with Gasteiger partial charge in [-0.25, -0.2) is 9.79 Å². The van der Waals surface area contributed by atoms with Gasteiger partial charge in [0.1, 0.15) is 17.5 Å². The molecular weight excluding hydrogens is 468 g/mol. The summed E-state index contributed by atoms with van der Waals surface area (Å²) in [6.45, 7) is 4.99. The van der Waals surface area contributed by atoms with Crippen LogP contribution in [0.2, 0.25) is 0 Å². The summed E-state index contributed by atoms with van der Waals surface area (Å²) in [5, 5.41) is 0. The maximum Gasteiger partial charge on any atom is 0.338 e. The molecule has 0 N–H and O–H groups in total. The highest BCUT2D eigenvalue weighted by Gasteiger charge is 2.34. The van der Waals surface area contributed by atoms with Crippen molar-refractivity contribution in [1.82, 2.24) is 4.57 Å². The van der Waals surface area contributed by atoms with Crippen molar-refractivity contribution < 1.29 is 23.8 Å². The Morgan fingerprint density at radius 3 is 2.51 bits per heavy atom. The first kappa shape index (κ1) is 24.2. The molecule has 1 aromatic heterocycles. The van der Waals surface area contributed by atoms with Crippen LogP contribution in [0, 0.1) is 0 Å². The van der Waals surface area contributed by atoms with Crippen molar-refractivity contribution in [2.75, 3.05) is 13.7 Å². The minimum absolute atomic E-state index is 0.196. The first-order chi connectivity index (χ1) is 16.8. The van der Waals surface area contributed by atoms with E-state index in [-0.39, 0.29) is 12.2 Å². The van der Waals surface area contributed by atoms with E-state index in [1.165, 1.54) is 22.8 Å². The Balaban J connectivity index is 1.89. The largest absolute Gasteiger partial charge is 0.496 e. The number of hydrogen-bond acceptors (Lipinski definition) is 8. The van der Waals surface area contributed by atoms with Crippen LogP contribution in [0.15, 0.2) is 69.6 Å². The predicted octanol–water partition coefficient (Wildman–Crippen LogP) is 2.73. The molecule has 35 heavy (non-hydrogen) atoms. The monoisotopic (exact) mass is 492 g/mol. The first-order valence-corrected chi connectivity index (χ1v) is 11.8. The second-order valence-electron chi connectivity index (χ2n) is 7.71. The van der Waals surface area contributed by atoms with Crippen LogP contribution in [-0.4, -0.2) is 30.2 Å². The van der Waals surface area contributed by atoms with Crippen LogP contribution in [0.1, 0.15) is 37.9 Å². The Bertz CT molecular complexity index is 1500. The van der Waals surface area contributed by atoms with Crippen molar-refractivity contribution in [2.24, 2.45) is 4.99 Å². The number of hydrogen-bond donors (Lipinski definition) is 0. The number of nitrogens with zero attached hydrogens (tertiary/aromatic N) is 2. The number of methoxy groups -OCH3 is 1. The van der Waals surface area contributed by atoms with Crippen LogP contribution in [-0.2, 0) is 14.3 Å². The number of benzene rings is 2. The topological polar surface area (TPSA) is 96.2 Å². The number of allylic oxidation sites excluding steroid dienone is 1. The Morgan fingerprint density at radius 1 is 1.14 bits per heavy atom. The van der Waals surface area contributed by atoms with Gasteiger partial charge in [-0.05, 0) is 43.7 Å². The zero-order valence-electron chi connectivity index (χ0n) is 19.7. The Morgan fingerprint density at radius 2 is 1.86 bits per heavy atom. The number of ether oxygens (including phenoxy) is 3. The van der Waals surface area contributed by atoms with E-state index in [9.17, 15) is 14.4 Å². The van der Waals surface area contributed by atoms with E-state index in [0.717, 1.165) is 5.56 Å². The number of para-hydroxylation sites is 1. The fraction of sp³-hybridized carbons (Fsp3) is 0.231. The summed E-state index contributed by atoms with van der Waals surface area (Å²) in [4.78, 5) is 42.8. The van der Waals surface area contributed by atoms with Gasteiger partial charge in [-0.2, -0.15) is 0 Å². The van der Waals surface area contributed by atoms with Crippen molar-refractivity contribution in [3.8, 4) is 11.5 Å². The molecule has 1 aliphatic heterocycles. The highest BCUT2D eigenvalue weighted by molar-refractivity contribution is 7.07. The predicted molar refractivity (Wildman–Crippen MR) is 131 cm³/mol. The van der Waals surface area contributed by atoms with E-state index >= 15 is 0 Å². The average molecular weight is 493 g/mol. The number of aromatic nitrogens is 1. The second-order valence-corrected chi connectivity index (χ2v) is 8.72. The number of carbonyl (C=O) groups excluding carboxylic acids is 2. The molecule has 4 rings (SSSR count). The third-order valence-corrected chi connectivity index (χ3v) is 6.37. The van der Waals surface area contributed by atoms with Gasteiger partial charge in [0.15, 0.2) is 4.80 Å². The molecule has 1 atom stereocenters. The van der Waals surface area contributed by atoms with Crippen molar-refractivity contribution in [2.45, 2.75) is 26.8 Å². The minimum atomic E-state index is -0.755. The highest BCUT2D eigenvalue weighted by Crippen LogP contribution is 2.35. The van der Waals surface area contributed by atoms with Gasteiger partial charge in [0, 0.05) is 12.5 Å². The van der Waals surface area contributed by atoms with E-state index in [4.69, 9.17) is 14.2 Å². The van der Waals surface area contributed by atoms with Crippen LogP contribution in [0.3, 0.4) is 0 Å². The SMILES string of the molecule is CCOC(=O)C1=C(C)N=c2s/c(=C\c3ccc(OC(C)=O)cc3)c(=O)n2[C@H]1c1ccccc1OC. The summed E-state index contributed by atoms with van der Waals surface area (Å²) in [7, 11) is 1.54. The van der Waals surface area contributed by atoms with Crippen LogP contribution < -0.4 is 24.4 Å². The second kappa shape index (κ2) is 10.1. The van der Waals surface area contributed by atoms with Gasteiger partial charge in [0.25, 0.3) is 5.56 Å². The summed E-state index contributed by atoms with van der Waals surface area (Å²) in [5.41, 5.74) is 1.90. The van der Waals surface area contributed by atoms with E-state index < -0.39 is 18.0 Å². The lowest BCUT2D eigenvalue weighted by Crippen LogP contribution is -2.40. The summed E-state index contributed by atoms with van der Waals surface area (Å²) in [6, 6.07) is 13.3. The van der Waals surface area contributed by atoms with Gasteiger partial charge in [0.2, 0.25) is 0 Å². The van der Waals surface area contributed by atoms with Gasteiger partial charge in [-0.15, -0.1) is 0 Å². The molecule has 0 aliphatic carbocycles. The van der Waals surface area contributed by atoms with E-state index in [1.807, 2.05) is 18.2 Å². The lowest BCUT2D eigenvalue weighted by Gasteiger charge is -2.25. The van der Waals surface area contributed by atoms with Crippen LogP contribution in [0.25, 0.3) is 6.08 Å². The van der Waals surface area contributed by atoms with Gasteiger partial charge in [-0.3, -0.25) is 14.2 Å². The quantitative estimate of drug-likeness (QED) is 0.388. The normalized spacial score (nSPS) is 15.3. The fourth-order valence-electron chi connectivity index (χ4n) is 3.93. The fourth-order valence-corrected chi connectivity index (χ4v) is 4.97. The Hall–Kier alpha value is -3.98. The lowest BCUT2D eigenvalue weighted by molar-refractivity contribution is -0.139. The molecule has 2 aromatic carbocycles. The molecule has 0 spiro atoms. The zero-order valence-corrected chi connectivity index (χ0v) is 20.5. The molecule has 0 saturated heterocycles. The van der Waals surface area contributed by atoms with Crippen LogP contribution >= 0.6 is 11.3 Å². The summed E-state index contributed by atoms with van der Waals surface area (Å²) < 4.78 is 17.9. The highest BCUT2D eigenvalue weighted by atomic mass is 32.1. The van der Waals surface area contributed by atoms with Crippen LogP contribution in [0.5, 0.6) is 11.5 Å². The van der Waals surface area contributed by atoms with Gasteiger partial charge < -0.3 is 14.2 Å². The molecule has 0 unspecified atom stereocenters. The number of carbonyl (C=O) groups is 2. The zero-order chi connectivity index (χ0) is 25.1. The summed E-state index contributed by atoms with van der Waals surface area (Å²) in [5.74, 6) is 0.0294. The molecular formula is C26H24N2O6S. The molecule has 3 aromatic rings. The van der Waals surface area contributed by atoms with Gasteiger partial charge in [-0.1, -0.05) is 41.7 Å². The molecule has 180 valence electrons. The molecule has 0 bridgehead atoms. The third-order valence-electron chi connectivity index (χ3n) is 5.39. The van der Waals surface area contributed by atoms with Crippen molar-refractivity contribution in [3.05, 3.63) is 90.6 Å². The van der Waals surface area contributed by atoms with Gasteiger partial charge >= 0.3 is 11.9 Å². The third kappa shape index (κ3) is 4.81. The number of rotatable bonds is 6. The average Bonchev–Trinajstić information content (AvgIpc) is 3.13. The van der Waals surface area contributed by atoms with E-state index in [2.05, 4.69) is 4.99 Å².